The molecular weight excluding hydrogens is 374 g/mol. The lowest BCUT2D eigenvalue weighted by atomic mass is 10.1. The molecule has 0 spiro atoms. The first-order chi connectivity index (χ1) is 14.1. The minimum Gasteiger partial charge on any atom is -0.454 e. The monoisotopic (exact) mass is 389 g/mol. The first kappa shape index (κ1) is 17.1. The third-order valence-electron chi connectivity index (χ3n) is 4.73. The number of nitrogens with zero attached hydrogens (tertiary/aromatic N) is 2. The van der Waals surface area contributed by atoms with Gasteiger partial charge in [0, 0.05) is 24.5 Å². The molecule has 1 N–H and O–H groups in total. The molecule has 0 bridgehead atoms. The zero-order chi connectivity index (χ0) is 20.0. The average molecular weight is 389 g/mol. The Morgan fingerprint density at radius 3 is 2.79 bits per heavy atom. The third kappa shape index (κ3) is 2.91. The normalized spacial score (nSPS) is 13.8. The van der Waals surface area contributed by atoms with Gasteiger partial charge in [-0.3, -0.25) is 9.59 Å². The predicted molar refractivity (Wildman–Crippen MR) is 104 cm³/mol. The molecule has 2 amide bonds. The Labute approximate surface area is 165 Å². The molecule has 1 aromatic heterocycles. The third-order valence-corrected chi connectivity index (χ3v) is 4.73. The number of fused-ring (bicyclic) bond motifs is 3. The van der Waals surface area contributed by atoms with Crippen LogP contribution in [0.1, 0.15) is 20.7 Å². The highest BCUT2D eigenvalue weighted by Crippen LogP contribution is 2.37. The summed E-state index contributed by atoms with van der Waals surface area (Å²) in [5, 5.41) is 2.80. The predicted octanol–water partition coefficient (Wildman–Crippen LogP) is 3.44. The Balaban J connectivity index is 1.44. The Hall–Kier alpha value is -4.07. The second-order valence-electron chi connectivity index (χ2n) is 6.53. The molecule has 3 aromatic rings. The van der Waals surface area contributed by atoms with Gasteiger partial charge < -0.3 is 24.4 Å². The van der Waals surface area contributed by atoms with E-state index in [0.29, 0.717) is 45.6 Å². The van der Waals surface area contributed by atoms with Crippen LogP contribution in [0.4, 0.5) is 11.4 Å². The Morgan fingerprint density at radius 2 is 1.90 bits per heavy atom. The minimum atomic E-state index is -0.330. The maximum Gasteiger partial charge on any atom is 0.262 e. The summed E-state index contributed by atoms with van der Waals surface area (Å²) < 4.78 is 16.4. The van der Waals surface area contributed by atoms with Crippen LogP contribution in [0.15, 0.2) is 54.7 Å². The van der Waals surface area contributed by atoms with Crippen LogP contribution in [0.25, 0.3) is 0 Å². The van der Waals surface area contributed by atoms with Gasteiger partial charge in [0.25, 0.3) is 11.8 Å². The molecule has 0 fully saturated rings. The van der Waals surface area contributed by atoms with Gasteiger partial charge in [0.2, 0.25) is 12.7 Å². The quantitative estimate of drug-likeness (QED) is 0.722. The van der Waals surface area contributed by atoms with Crippen LogP contribution >= 0.6 is 0 Å². The Kier molecular flexibility index (Phi) is 3.83. The molecule has 8 nitrogen and oxygen atoms in total. The number of aromatic nitrogens is 1. The van der Waals surface area contributed by atoms with Crippen LogP contribution in [0.3, 0.4) is 0 Å². The van der Waals surface area contributed by atoms with Crippen molar-refractivity contribution < 1.29 is 23.8 Å². The maximum absolute atomic E-state index is 12.9. The van der Waals surface area contributed by atoms with Crippen LogP contribution < -0.4 is 24.4 Å². The van der Waals surface area contributed by atoms with Gasteiger partial charge in [-0.1, -0.05) is 0 Å². The van der Waals surface area contributed by atoms with E-state index in [1.165, 1.54) is 4.90 Å². The summed E-state index contributed by atoms with van der Waals surface area (Å²) in [6, 6.07) is 13.3. The van der Waals surface area contributed by atoms with Crippen molar-refractivity contribution in [3.8, 4) is 23.1 Å². The SMILES string of the molecule is CN1C(=O)c2cc(NC(=O)c3ccc4c(c3)OCO4)ccc2Oc2ncccc21. The molecule has 2 aromatic carbocycles. The standard InChI is InChI=1S/C21H15N3O5/c1-24-15-3-2-8-22-20(15)29-16-7-5-13(10-14(16)21(24)26)23-19(25)12-4-6-17-18(9-12)28-11-27-17/h2-10H,11H2,1H3,(H,23,25). The molecule has 3 heterocycles. The molecule has 0 atom stereocenters. The van der Waals surface area contributed by atoms with Gasteiger partial charge in [0.1, 0.15) is 11.4 Å². The van der Waals surface area contributed by atoms with Crippen molar-refractivity contribution in [1.29, 1.82) is 0 Å². The average Bonchev–Trinajstić information content (AvgIpc) is 3.18. The molecule has 0 aliphatic carbocycles. The number of nitrogens with one attached hydrogen (secondary N) is 1. The number of carbonyl (C=O) groups excluding carboxylic acids is 2. The van der Waals surface area contributed by atoms with Crippen LogP contribution in [0, 0.1) is 0 Å². The second kappa shape index (κ2) is 6.52. The van der Waals surface area contributed by atoms with Gasteiger partial charge >= 0.3 is 0 Å². The van der Waals surface area contributed by atoms with E-state index in [1.54, 1.807) is 61.8 Å². The number of hydrogen-bond acceptors (Lipinski definition) is 6. The van der Waals surface area contributed by atoms with Crippen molar-refractivity contribution in [3.63, 3.8) is 0 Å². The topological polar surface area (TPSA) is 90.0 Å². The molecule has 0 unspecified atom stereocenters. The zero-order valence-corrected chi connectivity index (χ0v) is 15.3. The lowest BCUT2D eigenvalue weighted by molar-refractivity contribution is 0.0990. The first-order valence-electron chi connectivity index (χ1n) is 8.86. The highest BCUT2D eigenvalue weighted by Gasteiger charge is 2.27. The largest absolute Gasteiger partial charge is 0.454 e. The fraction of sp³-hybridized carbons (Fsp3) is 0.0952. The number of carbonyl (C=O) groups is 2. The molecule has 0 saturated carbocycles. The summed E-state index contributed by atoms with van der Waals surface area (Å²) in [4.78, 5) is 31.2. The lowest BCUT2D eigenvalue weighted by Crippen LogP contribution is -2.25. The van der Waals surface area contributed by atoms with E-state index in [1.807, 2.05) is 0 Å². The van der Waals surface area contributed by atoms with E-state index >= 15 is 0 Å². The summed E-state index contributed by atoms with van der Waals surface area (Å²) in [6.45, 7) is 0.137. The molecule has 0 radical (unpaired) electrons. The van der Waals surface area contributed by atoms with Gasteiger partial charge in [-0.2, -0.15) is 0 Å². The highest BCUT2D eigenvalue weighted by atomic mass is 16.7. The van der Waals surface area contributed by atoms with Crippen LogP contribution in [0.5, 0.6) is 23.1 Å². The number of pyridine rings is 1. The molecule has 5 rings (SSSR count). The molecule has 144 valence electrons. The van der Waals surface area contributed by atoms with Crippen LogP contribution in [-0.2, 0) is 0 Å². The van der Waals surface area contributed by atoms with Gasteiger partial charge in [0.05, 0.1) is 5.56 Å². The smallest absolute Gasteiger partial charge is 0.262 e. The van der Waals surface area contributed by atoms with Gasteiger partial charge in [0.15, 0.2) is 11.5 Å². The lowest BCUT2D eigenvalue weighted by Gasteiger charge is -2.15. The summed E-state index contributed by atoms with van der Waals surface area (Å²) >= 11 is 0. The number of rotatable bonds is 2. The van der Waals surface area contributed by atoms with Crippen molar-refractivity contribution in [1.82, 2.24) is 4.98 Å². The number of hydrogen-bond donors (Lipinski definition) is 1. The van der Waals surface area contributed by atoms with E-state index in [-0.39, 0.29) is 18.6 Å². The first-order valence-corrected chi connectivity index (χ1v) is 8.86. The molecule has 2 aliphatic rings. The number of anilines is 2. The van der Waals surface area contributed by atoms with Crippen LogP contribution in [0.2, 0.25) is 0 Å². The van der Waals surface area contributed by atoms with E-state index < -0.39 is 0 Å². The molecule has 0 saturated heterocycles. The van der Waals surface area contributed by atoms with Crippen molar-refractivity contribution in [2.45, 2.75) is 0 Å². The summed E-state index contributed by atoms with van der Waals surface area (Å²) in [5.41, 5.74) is 1.78. The van der Waals surface area contributed by atoms with Gasteiger partial charge in [-0.05, 0) is 48.5 Å². The van der Waals surface area contributed by atoms with E-state index in [2.05, 4.69) is 10.3 Å². The molecular formula is C21H15N3O5. The van der Waals surface area contributed by atoms with E-state index in [4.69, 9.17) is 14.2 Å². The van der Waals surface area contributed by atoms with E-state index in [0.717, 1.165) is 0 Å². The summed E-state index contributed by atoms with van der Waals surface area (Å²) in [5.74, 6) is 1.26. The number of ether oxygens (including phenoxy) is 3. The zero-order valence-electron chi connectivity index (χ0n) is 15.3. The number of benzene rings is 2. The summed E-state index contributed by atoms with van der Waals surface area (Å²) in [6.07, 6.45) is 1.60. The molecule has 8 heteroatoms. The van der Waals surface area contributed by atoms with Gasteiger partial charge in [-0.15, -0.1) is 0 Å². The second-order valence-corrected chi connectivity index (χ2v) is 6.53. The van der Waals surface area contributed by atoms with Gasteiger partial charge in [-0.25, -0.2) is 4.98 Å². The maximum atomic E-state index is 12.9. The molecule has 2 aliphatic heterocycles. The van der Waals surface area contributed by atoms with Crippen molar-refractivity contribution in [2.75, 3.05) is 24.1 Å². The van der Waals surface area contributed by atoms with Crippen molar-refractivity contribution >= 4 is 23.2 Å². The fourth-order valence-corrected chi connectivity index (χ4v) is 3.22. The Bertz CT molecular complexity index is 1160. The number of amides is 2. The van der Waals surface area contributed by atoms with Crippen molar-refractivity contribution in [2.24, 2.45) is 0 Å². The van der Waals surface area contributed by atoms with Crippen LogP contribution in [-0.4, -0.2) is 30.6 Å². The van der Waals surface area contributed by atoms with E-state index in [9.17, 15) is 9.59 Å². The molecule has 29 heavy (non-hydrogen) atoms. The highest BCUT2D eigenvalue weighted by molar-refractivity contribution is 6.11. The Morgan fingerprint density at radius 1 is 1.07 bits per heavy atom. The summed E-state index contributed by atoms with van der Waals surface area (Å²) in [7, 11) is 1.65. The minimum absolute atomic E-state index is 0.137. The fourth-order valence-electron chi connectivity index (χ4n) is 3.22. The van der Waals surface area contributed by atoms with Crippen molar-refractivity contribution in [3.05, 3.63) is 65.9 Å².